The molecule has 36 heavy (non-hydrogen) atoms. The third kappa shape index (κ3) is 5.15. The van der Waals surface area contributed by atoms with Crippen LogP contribution in [-0.2, 0) is 37.1 Å². The number of rotatable bonds is 9. The summed E-state index contributed by atoms with van der Waals surface area (Å²) in [7, 11) is 0. The van der Waals surface area contributed by atoms with E-state index in [4.69, 9.17) is 9.47 Å². The fourth-order valence-corrected chi connectivity index (χ4v) is 4.28. The van der Waals surface area contributed by atoms with E-state index in [0.717, 1.165) is 22.0 Å². The van der Waals surface area contributed by atoms with Gasteiger partial charge in [0, 0.05) is 29.9 Å². The van der Waals surface area contributed by atoms with Crippen molar-refractivity contribution in [2.45, 2.75) is 38.5 Å². The molecule has 7 heteroatoms. The van der Waals surface area contributed by atoms with Gasteiger partial charge in [-0.05, 0) is 22.8 Å². The summed E-state index contributed by atoms with van der Waals surface area (Å²) in [4.78, 5) is 43.1. The number of hydrogen-bond acceptors (Lipinski definition) is 5. The highest BCUT2D eigenvalue weighted by Crippen LogP contribution is 2.36. The lowest BCUT2D eigenvalue weighted by atomic mass is 9.79. The molecule has 0 aliphatic heterocycles. The molecule has 2 N–H and O–H groups in total. The lowest BCUT2D eigenvalue weighted by molar-refractivity contribution is -0.171. The lowest BCUT2D eigenvalue weighted by Gasteiger charge is -2.35. The molecule has 7 nitrogen and oxygen atoms in total. The number of nitrogens with one attached hydrogen (secondary N) is 2. The van der Waals surface area contributed by atoms with Crippen molar-refractivity contribution in [2.24, 2.45) is 0 Å². The predicted molar refractivity (Wildman–Crippen MR) is 136 cm³/mol. The van der Waals surface area contributed by atoms with Crippen molar-refractivity contribution in [2.75, 3.05) is 0 Å². The Morgan fingerprint density at radius 1 is 0.806 bits per heavy atom. The van der Waals surface area contributed by atoms with E-state index in [1.165, 1.54) is 6.92 Å². The summed E-state index contributed by atoms with van der Waals surface area (Å²) in [6.07, 6.45) is 1.74. The number of esters is 2. The Labute approximate surface area is 209 Å². The molecule has 184 valence electrons. The Morgan fingerprint density at radius 2 is 1.31 bits per heavy atom. The lowest BCUT2D eigenvalue weighted by Crippen LogP contribution is -2.64. The van der Waals surface area contributed by atoms with Crippen LogP contribution in [0.2, 0.25) is 0 Å². The highest BCUT2D eigenvalue weighted by molar-refractivity contribution is 6.09. The minimum atomic E-state index is -2.11. The third-order valence-electron chi connectivity index (χ3n) is 6.18. The molecule has 0 saturated carbocycles. The first-order valence-corrected chi connectivity index (χ1v) is 11.7. The number of H-pyrrole nitrogens is 1. The Kier molecular flexibility index (Phi) is 7.49. The Bertz CT molecular complexity index is 1290. The maximum absolute atomic E-state index is 13.8. The Morgan fingerprint density at radius 3 is 1.83 bits per heavy atom. The van der Waals surface area contributed by atoms with Crippen LogP contribution in [-0.4, -0.2) is 28.4 Å². The first-order chi connectivity index (χ1) is 17.4. The summed E-state index contributed by atoms with van der Waals surface area (Å²) >= 11 is 0. The second kappa shape index (κ2) is 10.9. The first kappa shape index (κ1) is 24.7. The molecule has 3 aromatic carbocycles. The van der Waals surface area contributed by atoms with Crippen LogP contribution in [0, 0.1) is 0 Å². The molecule has 1 aromatic heterocycles. The van der Waals surface area contributed by atoms with E-state index in [-0.39, 0.29) is 13.2 Å². The number of ether oxygens (including phenoxy) is 2. The van der Waals surface area contributed by atoms with E-state index < -0.39 is 29.3 Å². The highest BCUT2D eigenvalue weighted by atomic mass is 16.6. The second-order valence-electron chi connectivity index (χ2n) is 8.62. The smallest absolute Gasteiger partial charge is 0.344 e. The van der Waals surface area contributed by atoms with Crippen molar-refractivity contribution in [1.82, 2.24) is 10.3 Å². The number of fused-ring (bicyclic) bond motifs is 1. The Balaban J connectivity index is 1.73. The third-order valence-corrected chi connectivity index (χ3v) is 6.18. The zero-order valence-corrected chi connectivity index (χ0v) is 20.2. The molecule has 0 bridgehead atoms. The van der Waals surface area contributed by atoms with Gasteiger partial charge in [0.05, 0.1) is 0 Å². The molecule has 4 aromatic rings. The average molecular weight is 485 g/mol. The molecule has 0 saturated heterocycles. The largest absolute Gasteiger partial charge is 0.459 e. The van der Waals surface area contributed by atoms with Crippen molar-refractivity contribution in [3.63, 3.8) is 0 Å². The number of carbonyl (C=O) groups is 3. The zero-order valence-electron chi connectivity index (χ0n) is 20.2. The van der Waals surface area contributed by atoms with Gasteiger partial charge in [-0.2, -0.15) is 0 Å². The van der Waals surface area contributed by atoms with Crippen LogP contribution in [0.4, 0.5) is 0 Å². The van der Waals surface area contributed by atoms with Crippen LogP contribution < -0.4 is 5.32 Å². The number of amides is 1. The van der Waals surface area contributed by atoms with Gasteiger partial charge in [-0.1, -0.05) is 85.8 Å². The van der Waals surface area contributed by atoms with E-state index >= 15 is 0 Å². The van der Waals surface area contributed by atoms with Gasteiger partial charge in [-0.25, -0.2) is 9.59 Å². The molecule has 0 radical (unpaired) electrons. The molecular weight excluding hydrogens is 456 g/mol. The quantitative estimate of drug-likeness (QED) is 0.267. The van der Waals surface area contributed by atoms with Crippen LogP contribution in [0.25, 0.3) is 10.9 Å². The summed E-state index contributed by atoms with van der Waals surface area (Å²) in [5.74, 6) is -3.16. The summed E-state index contributed by atoms with van der Waals surface area (Å²) in [6.45, 7) is 2.84. The molecule has 1 unspecified atom stereocenters. The number of benzene rings is 3. The van der Waals surface area contributed by atoms with Crippen LogP contribution >= 0.6 is 0 Å². The summed E-state index contributed by atoms with van der Waals surface area (Å²) < 4.78 is 11.3. The molecule has 1 heterocycles. The molecule has 1 amide bonds. The second-order valence-corrected chi connectivity index (χ2v) is 8.62. The van der Waals surface area contributed by atoms with Gasteiger partial charge in [0.25, 0.3) is 0 Å². The zero-order chi connectivity index (χ0) is 25.5. The SMILES string of the molecule is CC(=O)NC(C(=O)OCc1ccccc1)(C(=O)OCc1ccccc1)C(C)c1c[nH]c2ccccc12. The van der Waals surface area contributed by atoms with Gasteiger partial charge in [0.2, 0.25) is 11.4 Å². The number of aromatic amines is 1. The van der Waals surface area contributed by atoms with Crippen LogP contribution in [0.1, 0.15) is 36.5 Å². The van der Waals surface area contributed by atoms with E-state index in [1.54, 1.807) is 13.1 Å². The summed E-state index contributed by atoms with van der Waals surface area (Å²) in [5.41, 5.74) is 0.902. The monoisotopic (exact) mass is 484 g/mol. The van der Waals surface area contributed by atoms with E-state index in [0.29, 0.717) is 5.56 Å². The standard InChI is InChI=1S/C29H28N2O5/c1-20(25-17-30-26-16-10-9-15-24(25)26)29(31-21(2)32,27(33)35-18-22-11-5-3-6-12-22)28(34)36-19-23-13-7-4-8-14-23/h3-17,20,30H,18-19H2,1-2H3,(H,31,32). The summed E-state index contributed by atoms with van der Waals surface area (Å²) in [6, 6.07) is 25.8. The van der Waals surface area contributed by atoms with Gasteiger partial charge < -0.3 is 19.8 Å². The van der Waals surface area contributed by atoms with Gasteiger partial charge in [0.1, 0.15) is 13.2 Å². The Hall–Kier alpha value is -4.39. The average Bonchev–Trinajstić information content (AvgIpc) is 3.34. The van der Waals surface area contributed by atoms with Crippen molar-refractivity contribution in [3.05, 3.63) is 108 Å². The van der Waals surface area contributed by atoms with Crippen molar-refractivity contribution < 1.29 is 23.9 Å². The van der Waals surface area contributed by atoms with E-state index in [2.05, 4.69) is 10.3 Å². The number of carbonyl (C=O) groups excluding carboxylic acids is 3. The van der Waals surface area contributed by atoms with Gasteiger partial charge in [-0.3, -0.25) is 4.79 Å². The van der Waals surface area contributed by atoms with Crippen molar-refractivity contribution in [1.29, 1.82) is 0 Å². The maximum Gasteiger partial charge on any atom is 0.344 e. The molecule has 0 spiro atoms. The number of hydrogen-bond donors (Lipinski definition) is 2. The van der Waals surface area contributed by atoms with E-state index in [9.17, 15) is 14.4 Å². The minimum absolute atomic E-state index is 0.0619. The maximum atomic E-state index is 13.8. The van der Waals surface area contributed by atoms with Crippen molar-refractivity contribution >= 4 is 28.7 Å². The molecular formula is C29H28N2O5. The van der Waals surface area contributed by atoms with Crippen LogP contribution in [0.5, 0.6) is 0 Å². The fourth-order valence-electron chi connectivity index (χ4n) is 4.28. The van der Waals surface area contributed by atoms with Crippen molar-refractivity contribution in [3.8, 4) is 0 Å². The normalized spacial score (nSPS) is 12.1. The topological polar surface area (TPSA) is 97.5 Å². The predicted octanol–water partition coefficient (Wildman–Crippen LogP) is 4.63. The molecule has 0 fully saturated rings. The van der Waals surface area contributed by atoms with E-state index in [1.807, 2.05) is 84.9 Å². The fraction of sp³-hybridized carbons (Fsp3) is 0.207. The van der Waals surface area contributed by atoms with Gasteiger partial charge >= 0.3 is 11.9 Å². The molecule has 0 aliphatic rings. The molecule has 4 rings (SSSR count). The molecule has 1 atom stereocenters. The molecule has 0 aliphatic carbocycles. The number of aromatic nitrogens is 1. The van der Waals surface area contributed by atoms with Gasteiger partial charge in [0.15, 0.2) is 0 Å². The highest BCUT2D eigenvalue weighted by Gasteiger charge is 2.55. The van der Waals surface area contributed by atoms with Gasteiger partial charge in [-0.15, -0.1) is 0 Å². The first-order valence-electron chi connectivity index (χ1n) is 11.7. The minimum Gasteiger partial charge on any atom is -0.459 e. The number of para-hydroxylation sites is 1. The van der Waals surface area contributed by atoms with Crippen LogP contribution in [0.15, 0.2) is 91.1 Å². The summed E-state index contributed by atoms with van der Waals surface area (Å²) in [5, 5.41) is 3.44. The van der Waals surface area contributed by atoms with Crippen LogP contribution in [0.3, 0.4) is 0 Å².